The third-order valence-corrected chi connectivity index (χ3v) is 4.96. The van der Waals surface area contributed by atoms with Crippen molar-refractivity contribution in [2.24, 2.45) is 0 Å². The molecule has 1 N–H and O–H groups in total. The molecule has 3 aromatic rings. The van der Waals surface area contributed by atoms with E-state index in [1.807, 2.05) is 32.1 Å². The van der Waals surface area contributed by atoms with Gasteiger partial charge in [-0.05, 0) is 49.8 Å². The lowest BCUT2D eigenvalue weighted by atomic mass is 10.1. The monoisotopic (exact) mass is 453 g/mol. The van der Waals surface area contributed by atoms with Crippen LogP contribution in [-0.2, 0) is 6.54 Å². The molecule has 0 saturated carbocycles. The first-order valence-corrected chi connectivity index (χ1v) is 10.6. The molecule has 0 aliphatic heterocycles. The van der Waals surface area contributed by atoms with Crippen LogP contribution >= 0.6 is 0 Å². The summed E-state index contributed by atoms with van der Waals surface area (Å²) in [5.41, 5.74) is 3.27. The zero-order valence-electron chi connectivity index (χ0n) is 18.5. The van der Waals surface area contributed by atoms with Crippen molar-refractivity contribution in [2.45, 2.75) is 39.3 Å². The van der Waals surface area contributed by atoms with Crippen LogP contribution in [0.1, 0.15) is 20.3 Å². The molecule has 172 valence electrons. The molecule has 8 heteroatoms. The SMILES string of the molecule is C=C/C=C(\C=C/C)C(C)Nc1nccc(-c2c(-c3ccc(F)cc3)ncn2CCC(F)F)n1. The summed E-state index contributed by atoms with van der Waals surface area (Å²) in [4.78, 5) is 13.4. The summed E-state index contributed by atoms with van der Waals surface area (Å²) >= 11 is 0. The Balaban J connectivity index is 2.00. The number of anilines is 1. The van der Waals surface area contributed by atoms with Crippen molar-refractivity contribution >= 4 is 5.95 Å². The van der Waals surface area contributed by atoms with Crippen molar-refractivity contribution in [3.05, 3.63) is 85.1 Å². The van der Waals surface area contributed by atoms with Gasteiger partial charge in [0.15, 0.2) is 0 Å². The number of nitrogens with zero attached hydrogens (tertiary/aromatic N) is 4. The zero-order valence-corrected chi connectivity index (χ0v) is 18.5. The van der Waals surface area contributed by atoms with Crippen LogP contribution in [0.5, 0.6) is 0 Å². The van der Waals surface area contributed by atoms with Gasteiger partial charge < -0.3 is 9.88 Å². The second kappa shape index (κ2) is 11.3. The molecular weight excluding hydrogens is 427 g/mol. The van der Waals surface area contributed by atoms with E-state index in [9.17, 15) is 13.2 Å². The average molecular weight is 454 g/mol. The predicted molar refractivity (Wildman–Crippen MR) is 125 cm³/mol. The van der Waals surface area contributed by atoms with Crippen LogP contribution in [-0.4, -0.2) is 32.0 Å². The Labute approximate surface area is 191 Å². The molecule has 3 rings (SSSR count). The number of rotatable bonds is 10. The normalized spacial score (nSPS) is 13.0. The third kappa shape index (κ3) is 6.19. The average Bonchev–Trinajstić information content (AvgIpc) is 3.22. The molecule has 2 aromatic heterocycles. The Kier molecular flexibility index (Phi) is 8.18. The van der Waals surface area contributed by atoms with E-state index in [4.69, 9.17) is 0 Å². The van der Waals surface area contributed by atoms with Crippen LogP contribution in [0.25, 0.3) is 22.6 Å². The van der Waals surface area contributed by atoms with Gasteiger partial charge in [0.05, 0.1) is 29.5 Å². The van der Waals surface area contributed by atoms with E-state index in [0.717, 1.165) is 5.57 Å². The lowest BCUT2D eigenvalue weighted by Crippen LogP contribution is -2.19. The molecule has 0 radical (unpaired) electrons. The van der Waals surface area contributed by atoms with Crippen LogP contribution in [0, 0.1) is 5.82 Å². The van der Waals surface area contributed by atoms with Crippen molar-refractivity contribution < 1.29 is 13.2 Å². The van der Waals surface area contributed by atoms with Crippen molar-refractivity contribution in [1.29, 1.82) is 0 Å². The second-order valence-electron chi connectivity index (χ2n) is 7.36. The Bertz CT molecular complexity index is 1130. The summed E-state index contributed by atoms with van der Waals surface area (Å²) in [6, 6.07) is 7.47. The van der Waals surface area contributed by atoms with Gasteiger partial charge in [-0.25, -0.2) is 28.1 Å². The van der Waals surface area contributed by atoms with Gasteiger partial charge in [0.2, 0.25) is 12.4 Å². The Morgan fingerprint density at radius 3 is 2.61 bits per heavy atom. The number of aryl methyl sites for hydroxylation is 1. The minimum absolute atomic E-state index is 0.0673. The topological polar surface area (TPSA) is 55.6 Å². The van der Waals surface area contributed by atoms with E-state index in [2.05, 4.69) is 26.8 Å². The molecule has 0 spiro atoms. The summed E-state index contributed by atoms with van der Waals surface area (Å²) in [5, 5.41) is 3.26. The molecule has 1 atom stereocenters. The highest BCUT2D eigenvalue weighted by molar-refractivity contribution is 5.77. The minimum atomic E-state index is -2.44. The lowest BCUT2D eigenvalue weighted by Gasteiger charge is -2.16. The number of hydrogen-bond donors (Lipinski definition) is 1. The van der Waals surface area contributed by atoms with Gasteiger partial charge in [-0.2, -0.15) is 0 Å². The number of imidazole rings is 1. The maximum atomic E-state index is 13.4. The summed E-state index contributed by atoms with van der Waals surface area (Å²) < 4.78 is 40.9. The molecule has 2 heterocycles. The molecule has 33 heavy (non-hydrogen) atoms. The van der Waals surface area contributed by atoms with Gasteiger partial charge in [-0.1, -0.05) is 30.9 Å². The number of alkyl halides is 2. The largest absolute Gasteiger partial charge is 0.348 e. The van der Waals surface area contributed by atoms with Crippen molar-refractivity contribution in [1.82, 2.24) is 19.5 Å². The van der Waals surface area contributed by atoms with E-state index in [1.165, 1.54) is 18.5 Å². The molecule has 0 bridgehead atoms. The van der Waals surface area contributed by atoms with Crippen LogP contribution < -0.4 is 5.32 Å². The molecule has 1 unspecified atom stereocenters. The zero-order chi connectivity index (χ0) is 23.8. The number of nitrogens with one attached hydrogen (secondary N) is 1. The molecule has 0 amide bonds. The molecule has 0 fully saturated rings. The quantitative estimate of drug-likeness (QED) is 0.367. The van der Waals surface area contributed by atoms with Gasteiger partial charge >= 0.3 is 0 Å². The molecule has 1 aromatic carbocycles. The van der Waals surface area contributed by atoms with E-state index >= 15 is 0 Å². The van der Waals surface area contributed by atoms with E-state index in [-0.39, 0.29) is 24.8 Å². The summed E-state index contributed by atoms with van der Waals surface area (Å²) in [6.45, 7) is 7.72. The summed E-state index contributed by atoms with van der Waals surface area (Å²) in [5.74, 6) is 0.00980. The first-order chi connectivity index (χ1) is 15.9. The van der Waals surface area contributed by atoms with Gasteiger partial charge in [0.25, 0.3) is 0 Å². The van der Waals surface area contributed by atoms with Crippen molar-refractivity contribution in [3.8, 4) is 22.6 Å². The fraction of sp³-hybridized carbons (Fsp3) is 0.240. The maximum absolute atomic E-state index is 13.4. The highest BCUT2D eigenvalue weighted by Crippen LogP contribution is 2.31. The number of allylic oxidation sites excluding steroid dienone is 3. The molecule has 0 aliphatic carbocycles. The van der Waals surface area contributed by atoms with Gasteiger partial charge in [-0.15, -0.1) is 0 Å². The van der Waals surface area contributed by atoms with Crippen LogP contribution in [0.15, 0.2) is 79.3 Å². The van der Waals surface area contributed by atoms with Gasteiger partial charge in [0.1, 0.15) is 5.82 Å². The van der Waals surface area contributed by atoms with Gasteiger partial charge in [-0.3, -0.25) is 0 Å². The predicted octanol–water partition coefficient (Wildman–Crippen LogP) is 6.29. The van der Waals surface area contributed by atoms with Crippen molar-refractivity contribution in [3.63, 3.8) is 0 Å². The number of benzene rings is 1. The van der Waals surface area contributed by atoms with Crippen molar-refractivity contribution in [2.75, 3.05) is 5.32 Å². The van der Waals surface area contributed by atoms with Gasteiger partial charge in [0, 0.05) is 24.7 Å². The summed E-state index contributed by atoms with van der Waals surface area (Å²) in [7, 11) is 0. The lowest BCUT2D eigenvalue weighted by molar-refractivity contribution is 0.131. The summed E-state index contributed by atoms with van der Waals surface area (Å²) in [6.07, 6.45) is 7.84. The van der Waals surface area contributed by atoms with Crippen LogP contribution in [0.3, 0.4) is 0 Å². The Hall–Kier alpha value is -3.68. The van der Waals surface area contributed by atoms with Crippen LogP contribution in [0.4, 0.5) is 19.1 Å². The Morgan fingerprint density at radius 1 is 1.18 bits per heavy atom. The van der Waals surface area contributed by atoms with E-state index < -0.39 is 6.43 Å². The second-order valence-corrected chi connectivity index (χ2v) is 7.36. The smallest absolute Gasteiger partial charge is 0.240 e. The fourth-order valence-corrected chi connectivity index (χ4v) is 3.39. The van der Waals surface area contributed by atoms with E-state index in [1.54, 1.807) is 35.0 Å². The molecule has 0 aliphatic rings. The highest BCUT2D eigenvalue weighted by atomic mass is 19.3. The molecule has 5 nitrogen and oxygen atoms in total. The van der Waals surface area contributed by atoms with Crippen LogP contribution in [0.2, 0.25) is 0 Å². The third-order valence-electron chi connectivity index (χ3n) is 4.96. The fourth-order valence-electron chi connectivity index (χ4n) is 3.39. The first kappa shape index (κ1) is 24.0. The minimum Gasteiger partial charge on any atom is -0.348 e. The Morgan fingerprint density at radius 2 is 1.94 bits per heavy atom. The number of aromatic nitrogens is 4. The number of halogens is 3. The molecular formula is C25H26F3N5. The number of hydrogen-bond acceptors (Lipinski definition) is 4. The molecule has 0 saturated heterocycles. The standard InChI is InChI=1S/C25H26F3N5/c1-4-6-18(7-5-2)17(3)31-25-29-14-12-21(32-25)24-23(19-8-10-20(26)11-9-19)30-16-33(24)15-13-22(27)28/h4-12,14,16-17,22H,1,13,15H2,2-3H3,(H,29,31,32)/b7-5-,18-6+. The van der Waals surface area contributed by atoms with E-state index in [0.29, 0.717) is 28.6 Å². The maximum Gasteiger partial charge on any atom is 0.240 e. The highest BCUT2D eigenvalue weighted by Gasteiger charge is 2.18. The first-order valence-electron chi connectivity index (χ1n) is 10.6.